The number of hydrogen-bond acceptors (Lipinski definition) is 5. The van der Waals surface area contributed by atoms with Crippen molar-refractivity contribution in [3.05, 3.63) is 48.0 Å². The first-order valence-electron chi connectivity index (χ1n) is 8.42. The van der Waals surface area contributed by atoms with Crippen molar-refractivity contribution in [2.24, 2.45) is 13.0 Å². The Morgan fingerprint density at radius 2 is 1.80 bits per heavy atom. The first kappa shape index (κ1) is 16.9. The summed E-state index contributed by atoms with van der Waals surface area (Å²) in [5.41, 5.74) is 1.44. The highest BCUT2D eigenvalue weighted by atomic mass is 16.2. The summed E-state index contributed by atoms with van der Waals surface area (Å²) in [5.74, 6) is -2.31. The predicted molar refractivity (Wildman–Crippen MR) is 93.5 cm³/mol. The topological polar surface area (TPSA) is 79.0 Å². The van der Waals surface area contributed by atoms with Gasteiger partial charge < -0.3 is 9.47 Å². The second kappa shape index (κ2) is 7.31. The molecule has 1 aromatic heterocycles. The number of rotatable bonds is 5. The standard InChI is InChI=1S/C19H20N4O2/c1-22-12-9-21-19(22)18(25)16(13-20)17(24)14-5-7-15(8-6-14)23-10-3-2-4-11-23/h5-9,12,16H,2-4,10-11H2,1H3/t16-/m1/s1. The highest BCUT2D eigenvalue weighted by molar-refractivity contribution is 6.17. The number of aromatic nitrogens is 2. The molecular weight excluding hydrogens is 316 g/mol. The molecule has 0 radical (unpaired) electrons. The van der Waals surface area contributed by atoms with Gasteiger partial charge in [-0.25, -0.2) is 4.98 Å². The van der Waals surface area contributed by atoms with E-state index in [1.165, 1.54) is 30.0 Å². The van der Waals surface area contributed by atoms with Crippen LogP contribution in [-0.4, -0.2) is 34.2 Å². The van der Waals surface area contributed by atoms with Crippen LogP contribution >= 0.6 is 0 Å². The Hall–Kier alpha value is -2.94. The van der Waals surface area contributed by atoms with Gasteiger partial charge in [0, 0.05) is 43.8 Å². The van der Waals surface area contributed by atoms with Gasteiger partial charge in [-0.05, 0) is 43.5 Å². The van der Waals surface area contributed by atoms with Crippen LogP contribution in [0.3, 0.4) is 0 Å². The third kappa shape index (κ3) is 3.45. The number of carbonyl (C=O) groups is 2. The van der Waals surface area contributed by atoms with Gasteiger partial charge >= 0.3 is 0 Å². The maximum atomic E-state index is 12.6. The zero-order chi connectivity index (χ0) is 17.8. The number of ketones is 2. The molecule has 25 heavy (non-hydrogen) atoms. The normalized spacial score (nSPS) is 15.4. The highest BCUT2D eigenvalue weighted by Gasteiger charge is 2.30. The molecule has 128 valence electrons. The Morgan fingerprint density at radius 1 is 1.12 bits per heavy atom. The minimum absolute atomic E-state index is 0.116. The van der Waals surface area contributed by atoms with Gasteiger partial charge in [-0.15, -0.1) is 0 Å². The van der Waals surface area contributed by atoms with Gasteiger partial charge in [0.15, 0.2) is 17.5 Å². The number of nitriles is 1. The van der Waals surface area contributed by atoms with Crippen molar-refractivity contribution < 1.29 is 9.59 Å². The molecule has 0 unspecified atom stereocenters. The molecule has 6 heteroatoms. The summed E-state index contributed by atoms with van der Waals surface area (Å²) in [4.78, 5) is 31.3. The summed E-state index contributed by atoms with van der Waals surface area (Å²) in [6.07, 6.45) is 6.69. The molecule has 3 rings (SSSR count). The third-order valence-corrected chi connectivity index (χ3v) is 4.57. The number of anilines is 1. The maximum Gasteiger partial charge on any atom is 0.223 e. The highest BCUT2D eigenvalue weighted by Crippen LogP contribution is 2.22. The van der Waals surface area contributed by atoms with E-state index in [1.54, 1.807) is 25.4 Å². The van der Waals surface area contributed by atoms with Gasteiger partial charge in [0.25, 0.3) is 0 Å². The quantitative estimate of drug-likeness (QED) is 0.619. The zero-order valence-electron chi connectivity index (χ0n) is 14.2. The van der Waals surface area contributed by atoms with Crippen LogP contribution in [-0.2, 0) is 7.05 Å². The number of nitrogens with zero attached hydrogens (tertiary/aromatic N) is 4. The van der Waals surface area contributed by atoms with Gasteiger partial charge in [-0.1, -0.05) is 0 Å². The Bertz CT molecular complexity index is 811. The molecule has 1 saturated heterocycles. The van der Waals surface area contributed by atoms with Gasteiger partial charge in [0.1, 0.15) is 0 Å². The van der Waals surface area contributed by atoms with E-state index in [4.69, 9.17) is 0 Å². The monoisotopic (exact) mass is 336 g/mol. The fraction of sp³-hybridized carbons (Fsp3) is 0.368. The first-order valence-corrected chi connectivity index (χ1v) is 8.42. The van der Waals surface area contributed by atoms with Crippen molar-refractivity contribution in [2.45, 2.75) is 19.3 Å². The van der Waals surface area contributed by atoms with Crippen molar-refractivity contribution in [1.29, 1.82) is 5.26 Å². The van der Waals surface area contributed by atoms with Gasteiger partial charge in [0.05, 0.1) is 6.07 Å². The van der Waals surface area contributed by atoms with Gasteiger partial charge in [0.2, 0.25) is 5.78 Å². The van der Waals surface area contributed by atoms with Crippen molar-refractivity contribution in [1.82, 2.24) is 9.55 Å². The molecule has 0 aliphatic carbocycles. The lowest BCUT2D eigenvalue weighted by atomic mass is 9.94. The molecule has 2 aromatic rings. The van der Waals surface area contributed by atoms with Crippen LogP contribution in [0.2, 0.25) is 0 Å². The molecule has 0 saturated carbocycles. The maximum absolute atomic E-state index is 12.6. The second-order valence-electron chi connectivity index (χ2n) is 6.25. The zero-order valence-corrected chi connectivity index (χ0v) is 14.2. The summed E-state index contributed by atoms with van der Waals surface area (Å²) in [7, 11) is 1.66. The number of imidazole rings is 1. The average Bonchev–Trinajstić information content (AvgIpc) is 3.09. The summed E-state index contributed by atoms with van der Waals surface area (Å²) in [5, 5.41) is 9.34. The van der Waals surface area contributed by atoms with Crippen molar-refractivity contribution >= 4 is 17.3 Å². The predicted octanol–water partition coefficient (Wildman–Crippen LogP) is 2.62. The molecule has 1 aliphatic rings. The summed E-state index contributed by atoms with van der Waals surface area (Å²) >= 11 is 0. The molecule has 1 aliphatic heterocycles. The minimum atomic E-state index is -1.37. The van der Waals surface area contributed by atoms with Crippen LogP contribution < -0.4 is 4.90 Å². The number of Topliss-reactive ketones (excluding diaryl/α,β-unsaturated/α-hetero) is 2. The van der Waals surface area contributed by atoms with Crippen molar-refractivity contribution in [3.8, 4) is 6.07 Å². The molecule has 0 N–H and O–H groups in total. The smallest absolute Gasteiger partial charge is 0.223 e. The molecule has 2 heterocycles. The summed E-state index contributed by atoms with van der Waals surface area (Å²) in [6.45, 7) is 2.04. The lowest BCUT2D eigenvalue weighted by Gasteiger charge is -2.28. The van der Waals surface area contributed by atoms with E-state index in [0.717, 1.165) is 18.8 Å². The molecule has 0 spiro atoms. The Balaban J connectivity index is 1.78. The second-order valence-corrected chi connectivity index (χ2v) is 6.25. The van der Waals surface area contributed by atoms with Crippen LogP contribution in [0.5, 0.6) is 0 Å². The van der Waals surface area contributed by atoms with Crippen LogP contribution in [0.1, 0.15) is 40.2 Å². The van der Waals surface area contributed by atoms with Gasteiger partial charge in [-0.2, -0.15) is 5.26 Å². The van der Waals surface area contributed by atoms with E-state index in [0.29, 0.717) is 5.56 Å². The first-order chi connectivity index (χ1) is 12.1. The largest absolute Gasteiger partial charge is 0.372 e. The summed E-state index contributed by atoms with van der Waals surface area (Å²) in [6, 6.07) is 9.00. The number of hydrogen-bond donors (Lipinski definition) is 0. The van der Waals surface area contributed by atoms with E-state index in [1.807, 2.05) is 18.2 Å². The number of piperidine rings is 1. The third-order valence-electron chi connectivity index (χ3n) is 4.57. The Kier molecular flexibility index (Phi) is 4.94. The fourth-order valence-corrected chi connectivity index (χ4v) is 3.12. The van der Waals surface area contributed by atoms with Crippen LogP contribution in [0.15, 0.2) is 36.7 Å². The fourth-order valence-electron chi connectivity index (χ4n) is 3.12. The van der Waals surface area contributed by atoms with Crippen molar-refractivity contribution in [3.63, 3.8) is 0 Å². The lowest BCUT2D eigenvalue weighted by Crippen LogP contribution is -2.29. The Morgan fingerprint density at radius 3 is 2.36 bits per heavy atom. The number of aryl methyl sites for hydroxylation is 1. The van der Waals surface area contributed by atoms with E-state index in [-0.39, 0.29) is 5.82 Å². The van der Waals surface area contributed by atoms with Crippen molar-refractivity contribution in [2.75, 3.05) is 18.0 Å². The number of carbonyl (C=O) groups excluding carboxylic acids is 2. The van der Waals surface area contributed by atoms with Gasteiger partial charge in [-0.3, -0.25) is 9.59 Å². The molecule has 1 atom stereocenters. The molecule has 1 aromatic carbocycles. The van der Waals surface area contributed by atoms with E-state index < -0.39 is 17.5 Å². The van der Waals surface area contributed by atoms with Crippen LogP contribution in [0, 0.1) is 17.2 Å². The molecule has 0 amide bonds. The molecule has 1 fully saturated rings. The van der Waals surface area contributed by atoms with E-state index in [9.17, 15) is 14.9 Å². The summed E-state index contributed by atoms with van der Waals surface area (Å²) < 4.78 is 1.51. The molecule has 6 nitrogen and oxygen atoms in total. The van der Waals surface area contributed by atoms with Crippen LogP contribution in [0.4, 0.5) is 5.69 Å². The molecule has 0 bridgehead atoms. The number of benzene rings is 1. The molecular formula is C19H20N4O2. The average molecular weight is 336 g/mol. The van der Waals surface area contributed by atoms with Crippen LogP contribution in [0.25, 0.3) is 0 Å². The minimum Gasteiger partial charge on any atom is -0.372 e. The SMILES string of the molecule is Cn1ccnc1C(=O)[C@H](C#N)C(=O)c1ccc(N2CCCCC2)cc1. The van der Waals surface area contributed by atoms with E-state index in [2.05, 4.69) is 9.88 Å². The Labute approximate surface area is 146 Å². The lowest BCUT2D eigenvalue weighted by molar-refractivity contribution is 0.0838. The van der Waals surface area contributed by atoms with E-state index >= 15 is 0 Å².